The van der Waals surface area contributed by atoms with E-state index in [1.165, 1.54) is 36.6 Å². The summed E-state index contributed by atoms with van der Waals surface area (Å²) >= 11 is 0. The predicted molar refractivity (Wildman–Crippen MR) is 84.8 cm³/mol. The molecule has 0 radical (unpaired) electrons. The Balaban J connectivity index is 1.79. The van der Waals surface area contributed by atoms with Gasteiger partial charge in [-0.1, -0.05) is 12.1 Å². The Labute approximate surface area is 137 Å². The van der Waals surface area contributed by atoms with E-state index in [1.54, 1.807) is 6.07 Å². The SMILES string of the molecule is O=C(NCCNS(=O)(=O)Cc1ccc([N+](=O)[O-])cc1)c1ccco1. The molecule has 0 spiro atoms. The van der Waals surface area contributed by atoms with E-state index in [0.29, 0.717) is 5.56 Å². The summed E-state index contributed by atoms with van der Waals surface area (Å²) in [5, 5.41) is 13.1. The van der Waals surface area contributed by atoms with Crippen molar-refractivity contribution in [3.05, 3.63) is 64.1 Å². The fraction of sp³-hybridized carbons (Fsp3) is 0.214. The van der Waals surface area contributed by atoms with Crippen molar-refractivity contribution in [1.29, 1.82) is 0 Å². The summed E-state index contributed by atoms with van der Waals surface area (Å²) in [6, 6.07) is 8.32. The Morgan fingerprint density at radius 2 is 1.88 bits per heavy atom. The minimum atomic E-state index is -3.61. The van der Waals surface area contributed by atoms with E-state index in [-0.39, 0.29) is 30.3 Å². The van der Waals surface area contributed by atoms with Crippen LogP contribution in [0.25, 0.3) is 0 Å². The lowest BCUT2D eigenvalue weighted by Crippen LogP contribution is -2.35. The summed E-state index contributed by atoms with van der Waals surface area (Å²) in [7, 11) is -3.61. The lowest BCUT2D eigenvalue weighted by Gasteiger charge is -2.07. The van der Waals surface area contributed by atoms with Gasteiger partial charge in [0.15, 0.2) is 5.76 Å². The van der Waals surface area contributed by atoms with Gasteiger partial charge >= 0.3 is 0 Å². The monoisotopic (exact) mass is 353 g/mol. The number of nitro benzene ring substituents is 1. The molecule has 1 aromatic heterocycles. The molecule has 128 valence electrons. The molecule has 1 aromatic carbocycles. The van der Waals surface area contributed by atoms with E-state index in [9.17, 15) is 23.3 Å². The molecule has 0 saturated heterocycles. The molecule has 10 heteroatoms. The highest BCUT2D eigenvalue weighted by atomic mass is 32.2. The highest BCUT2D eigenvalue weighted by molar-refractivity contribution is 7.88. The van der Waals surface area contributed by atoms with Crippen LogP contribution in [0, 0.1) is 10.1 Å². The van der Waals surface area contributed by atoms with E-state index in [0.717, 1.165) is 0 Å². The van der Waals surface area contributed by atoms with Gasteiger partial charge in [0.25, 0.3) is 11.6 Å². The third-order valence-electron chi connectivity index (χ3n) is 2.98. The van der Waals surface area contributed by atoms with E-state index in [4.69, 9.17) is 4.42 Å². The van der Waals surface area contributed by atoms with E-state index in [2.05, 4.69) is 10.0 Å². The Hall–Kier alpha value is -2.72. The van der Waals surface area contributed by atoms with Crippen LogP contribution in [0.15, 0.2) is 47.1 Å². The van der Waals surface area contributed by atoms with Crippen LogP contribution in [0.4, 0.5) is 5.69 Å². The molecule has 1 heterocycles. The van der Waals surface area contributed by atoms with E-state index < -0.39 is 20.9 Å². The van der Waals surface area contributed by atoms with Crippen molar-refractivity contribution in [1.82, 2.24) is 10.0 Å². The van der Waals surface area contributed by atoms with Crippen LogP contribution in [0.1, 0.15) is 16.1 Å². The first-order valence-electron chi connectivity index (χ1n) is 6.90. The first-order chi connectivity index (χ1) is 11.4. The average Bonchev–Trinajstić information content (AvgIpc) is 3.06. The summed E-state index contributed by atoms with van der Waals surface area (Å²) < 4.78 is 31.1. The molecule has 0 aliphatic rings. The van der Waals surface area contributed by atoms with Crippen molar-refractivity contribution in [2.75, 3.05) is 13.1 Å². The van der Waals surface area contributed by atoms with Crippen LogP contribution in [0.3, 0.4) is 0 Å². The van der Waals surface area contributed by atoms with Crippen LogP contribution in [-0.2, 0) is 15.8 Å². The van der Waals surface area contributed by atoms with Crippen molar-refractivity contribution in [2.24, 2.45) is 0 Å². The van der Waals surface area contributed by atoms with E-state index >= 15 is 0 Å². The molecule has 1 amide bonds. The smallest absolute Gasteiger partial charge is 0.287 e. The Morgan fingerprint density at radius 3 is 2.46 bits per heavy atom. The topological polar surface area (TPSA) is 132 Å². The first kappa shape index (κ1) is 17.6. The number of amides is 1. The molecule has 0 aliphatic heterocycles. The third-order valence-corrected chi connectivity index (χ3v) is 4.34. The predicted octanol–water partition coefficient (Wildman–Crippen LogP) is 1.04. The van der Waals surface area contributed by atoms with Gasteiger partial charge in [-0.3, -0.25) is 14.9 Å². The van der Waals surface area contributed by atoms with Crippen molar-refractivity contribution in [3.8, 4) is 0 Å². The number of carbonyl (C=O) groups excluding carboxylic acids is 1. The van der Waals surface area contributed by atoms with Crippen molar-refractivity contribution < 1.29 is 22.6 Å². The van der Waals surface area contributed by atoms with Gasteiger partial charge in [0.2, 0.25) is 10.0 Å². The number of nitrogens with zero attached hydrogens (tertiary/aromatic N) is 1. The molecule has 9 nitrogen and oxygen atoms in total. The lowest BCUT2D eigenvalue weighted by atomic mass is 10.2. The highest BCUT2D eigenvalue weighted by Gasteiger charge is 2.13. The number of furan rings is 1. The zero-order valence-electron chi connectivity index (χ0n) is 12.5. The van der Waals surface area contributed by atoms with Gasteiger partial charge in [0.1, 0.15) is 0 Å². The maximum atomic E-state index is 11.9. The molecule has 0 atom stereocenters. The highest BCUT2D eigenvalue weighted by Crippen LogP contribution is 2.13. The zero-order valence-corrected chi connectivity index (χ0v) is 13.3. The van der Waals surface area contributed by atoms with Crippen LogP contribution in [-0.4, -0.2) is 32.3 Å². The molecule has 24 heavy (non-hydrogen) atoms. The summed E-state index contributed by atoms with van der Waals surface area (Å²) in [6.07, 6.45) is 1.36. The number of sulfonamides is 1. The van der Waals surface area contributed by atoms with Gasteiger partial charge in [0.05, 0.1) is 16.9 Å². The van der Waals surface area contributed by atoms with Crippen molar-refractivity contribution in [3.63, 3.8) is 0 Å². The molecule has 0 bridgehead atoms. The molecule has 2 aromatic rings. The number of nitrogens with one attached hydrogen (secondary N) is 2. The van der Waals surface area contributed by atoms with Crippen LogP contribution in [0.2, 0.25) is 0 Å². The fourth-order valence-corrected chi connectivity index (χ4v) is 3.01. The summed E-state index contributed by atoms with van der Waals surface area (Å²) in [4.78, 5) is 21.6. The van der Waals surface area contributed by atoms with Gasteiger partial charge in [-0.25, -0.2) is 13.1 Å². The van der Waals surface area contributed by atoms with Gasteiger partial charge in [0, 0.05) is 25.2 Å². The molecule has 2 N–H and O–H groups in total. The molecular formula is C14H15N3O6S. The number of carbonyl (C=O) groups is 1. The Kier molecular flexibility index (Phi) is 5.66. The van der Waals surface area contributed by atoms with E-state index in [1.807, 2.05) is 0 Å². The average molecular weight is 353 g/mol. The van der Waals surface area contributed by atoms with Crippen molar-refractivity contribution >= 4 is 21.6 Å². The van der Waals surface area contributed by atoms with Crippen molar-refractivity contribution in [2.45, 2.75) is 5.75 Å². The summed E-state index contributed by atoms with van der Waals surface area (Å²) in [5.74, 6) is -0.602. The standard InChI is InChI=1S/C14H15N3O6S/c18-14(13-2-1-9-23-13)15-7-8-16-24(21,22)10-11-3-5-12(6-4-11)17(19)20/h1-6,9,16H,7-8,10H2,(H,15,18). The Bertz CT molecular complexity index is 800. The minimum absolute atomic E-state index is 0.0156. The number of nitro groups is 1. The molecule has 0 unspecified atom stereocenters. The number of hydrogen-bond acceptors (Lipinski definition) is 6. The minimum Gasteiger partial charge on any atom is -0.459 e. The van der Waals surface area contributed by atoms with Crippen LogP contribution >= 0.6 is 0 Å². The third kappa shape index (κ3) is 5.18. The van der Waals surface area contributed by atoms with Gasteiger partial charge in [-0.15, -0.1) is 0 Å². The molecule has 0 fully saturated rings. The van der Waals surface area contributed by atoms with Gasteiger partial charge in [-0.05, 0) is 17.7 Å². The molecule has 0 saturated carbocycles. The zero-order chi connectivity index (χ0) is 17.6. The first-order valence-corrected chi connectivity index (χ1v) is 8.55. The largest absolute Gasteiger partial charge is 0.459 e. The molecular weight excluding hydrogens is 338 g/mol. The number of benzene rings is 1. The number of non-ortho nitro benzene ring substituents is 1. The normalized spacial score (nSPS) is 11.2. The molecule has 0 aliphatic carbocycles. The quantitative estimate of drug-likeness (QED) is 0.414. The van der Waals surface area contributed by atoms with Crippen LogP contribution < -0.4 is 10.0 Å². The second-order valence-electron chi connectivity index (χ2n) is 4.81. The fourth-order valence-electron chi connectivity index (χ4n) is 1.86. The lowest BCUT2D eigenvalue weighted by molar-refractivity contribution is -0.384. The summed E-state index contributed by atoms with van der Waals surface area (Å²) in [5.41, 5.74) is 0.317. The summed E-state index contributed by atoms with van der Waals surface area (Å²) in [6.45, 7) is 0.112. The number of hydrogen-bond donors (Lipinski definition) is 2. The second kappa shape index (κ2) is 7.70. The van der Waals surface area contributed by atoms with Gasteiger partial charge < -0.3 is 9.73 Å². The molecule has 2 rings (SSSR count). The van der Waals surface area contributed by atoms with Crippen LogP contribution in [0.5, 0.6) is 0 Å². The maximum absolute atomic E-state index is 11.9. The van der Waals surface area contributed by atoms with Gasteiger partial charge in [-0.2, -0.15) is 0 Å². The Morgan fingerprint density at radius 1 is 1.17 bits per heavy atom. The maximum Gasteiger partial charge on any atom is 0.287 e. The second-order valence-corrected chi connectivity index (χ2v) is 6.62. The number of rotatable bonds is 8.